The zero-order valence-electron chi connectivity index (χ0n) is 25.0. The summed E-state index contributed by atoms with van der Waals surface area (Å²) in [6.07, 6.45) is -1.80. The monoisotopic (exact) mass is 664 g/mol. The van der Waals surface area contributed by atoms with Crippen LogP contribution in [0.25, 0.3) is 11.0 Å². The number of fused-ring (bicyclic) bond motifs is 1. The standard InChI is InChI=1S/C26H38ClN4O12P/c1-16(2)41-25(33)37-13-39-44(35,40-14-38-26(34)42-17(3)4)15-36-12-20-19(32)11-21(43-20)31-10-7-18-22(30-8-5-6-9-30)28-24(27)29-23(18)31/h7,10,16-17,19-21,32H,5-6,8-9,11-15H2,1-4H3/t19-,20+,21+/m0/s1. The Morgan fingerprint density at radius 2 is 1.68 bits per heavy atom. The van der Waals surface area contributed by atoms with Crippen molar-refractivity contribution in [2.75, 3.05) is 44.5 Å². The molecule has 0 radical (unpaired) electrons. The van der Waals surface area contributed by atoms with Crippen molar-refractivity contribution >= 4 is 48.4 Å². The van der Waals surface area contributed by atoms with E-state index in [0.717, 1.165) is 37.1 Å². The number of anilines is 1. The first-order valence-electron chi connectivity index (χ1n) is 14.2. The minimum atomic E-state index is -4.16. The smallest absolute Gasteiger partial charge is 0.432 e. The van der Waals surface area contributed by atoms with Crippen LogP contribution in [0.5, 0.6) is 0 Å². The molecule has 4 heterocycles. The highest BCUT2D eigenvalue weighted by Gasteiger charge is 2.37. The lowest BCUT2D eigenvalue weighted by atomic mass is 10.2. The van der Waals surface area contributed by atoms with Crippen LogP contribution < -0.4 is 4.90 Å². The summed E-state index contributed by atoms with van der Waals surface area (Å²) in [5.41, 5.74) is 0.573. The summed E-state index contributed by atoms with van der Waals surface area (Å²) in [5, 5.41) is 11.7. The van der Waals surface area contributed by atoms with Gasteiger partial charge < -0.3 is 43.0 Å². The second-order valence-corrected chi connectivity index (χ2v) is 13.0. The zero-order valence-corrected chi connectivity index (χ0v) is 26.6. The van der Waals surface area contributed by atoms with E-state index in [1.54, 1.807) is 38.5 Å². The first-order chi connectivity index (χ1) is 20.9. The van der Waals surface area contributed by atoms with E-state index in [9.17, 15) is 19.3 Å². The van der Waals surface area contributed by atoms with Crippen molar-refractivity contribution in [3.63, 3.8) is 0 Å². The number of carbonyl (C=O) groups is 2. The van der Waals surface area contributed by atoms with E-state index in [4.69, 9.17) is 49.1 Å². The number of aromatic nitrogens is 3. The van der Waals surface area contributed by atoms with Crippen LogP contribution in [0.3, 0.4) is 0 Å². The molecule has 16 nitrogen and oxygen atoms in total. The maximum absolute atomic E-state index is 13.3. The second-order valence-electron chi connectivity index (χ2n) is 10.6. The van der Waals surface area contributed by atoms with Crippen LogP contribution in [0, 0.1) is 0 Å². The zero-order chi connectivity index (χ0) is 31.9. The molecule has 1 N–H and O–H groups in total. The van der Waals surface area contributed by atoms with E-state index in [0.29, 0.717) is 5.65 Å². The van der Waals surface area contributed by atoms with Crippen LogP contribution in [0.2, 0.25) is 5.28 Å². The van der Waals surface area contributed by atoms with Gasteiger partial charge in [-0.1, -0.05) is 0 Å². The van der Waals surface area contributed by atoms with Gasteiger partial charge in [0.25, 0.3) is 0 Å². The molecule has 2 aliphatic heterocycles. The summed E-state index contributed by atoms with van der Waals surface area (Å²) in [4.78, 5) is 34.3. The maximum atomic E-state index is 13.3. The van der Waals surface area contributed by atoms with Crippen LogP contribution in [-0.2, 0) is 42.0 Å². The number of rotatable bonds is 14. The Labute approximate surface area is 259 Å². The van der Waals surface area contributed by atoms with Gasteiger partial charge in [0.2, 0.25) is 18.9 Å². The molecule has 0 aliphatic carbocycles. The van der Waals surface area contributed by atoms with Gasteiger partial charge in [0.15, 0.2) is 0 Å². The topological polar surface area (TPSA) is 179 Å². The fraction of sp³-hybridized carbons (Fsp3) is 0.692. The molecule has 4 rings (SSSR count). The van der Waals surface area contributed by atoms with E-state index in [-0.39, 0.29) is 18.3 Å². The Kier molecular flexibility index (Phi) is 12.0. The van der Waals surface area contributed by atoms with E-state index < -0.39 is 70.5 Å². The molecular weight excluding hydrogens is 627 g/mol. The molecule has 0 saturated carbocycles. The van der Waals surface area contributed by atoms with Gasteiger partial charge in [-0.25, -0.2) is 9.59 Å². The molecule has 3 atom stereocenters. The number of hydrogen-bond acceptors (Lipinski definition) is 15. The number of halogens is 1. The van der Waals surface area contributed by atoms with Crippen LogP contribution in [0.15, 0.2) is 12.3 Å². The molecular formula is C26H38ClN4O12P. The van der Waals surface area contributed by atoms with Gasteiger partial charge in [-0.3, -0.25) is 13.6 Å². The Balaban J connectivity index is 1.35. The first-order valence-corrected chi connectivity index (χ1v) is 16.3. The molecule has 2 aromatic heterocycles. The van der Waals surface area contributed by atoms with Gasteiger partial charge in [0.05, 0.1) is 30.3 Å². The lowest BCUT2D eigenvalue weighted by molar-refractivity contribution is -0.0617. The average Bonchev–Trinajstić information content (AvgIpc) is 3.68. The number of carbonyl (C=O) groups excluding carboxylic acids is 2. The molecule has 2 saturated heterocycles. The van der Waals surface area contributed by atoms with Crippen LogP contribution in [0.1, 0.15) is 53.2 Å². The number of aliphatic hydroxyl groups excluding tert-OH is 1. The van der Waals surface area contributed by atoms with Crippen molar-refractivity contribution in [3.05, 3.63) is 17.5 Å². The summed E-state index contributed by atoms with van der Waals surface area (Å²) in [7, 11) is -4.16. The first kappa shape index (κ1) is 34.2. The highest BCUT2D eigenvalue weighted by molar-refractivity contribution is 7.53. The highest BCUT2D eigenvalue weighted by atomic mass is 35.5. The predicted molar refractivity (Wildman–Crippen MR) is 154 cm³/mol. The molecule has 0 spiro atoms. The Morgan fingerprint density at radius 1 is 1.07 bits per heavy atom. The molecule has 0 amide bonds. The summed E-state index contributed by atoms with van der Waals surface area (Å²) in [6.45, 7) is 6.45. The lowest BCUT2D eigenvalue weighted by Crippen LogP contribution is -2.27. The molecule has 0 bridgehead atoms. The van der Waals surface area contributed by atoms with Crippen molar-refractivity contribution in [1.82, 2.24) is 14.5 Å². The Bertz CT molecular complexity index is 1290. The van der Waals surface area contributed by atoms with Gasteiger partial charge in [-0.15, -0.1) is 0 Å². The minimum Gasteiger partial charge on any atom is -0.432 e. The third kappa shape index (κ3) is 9.39. The number of ether oxygens (including phenoxy) is 6. The molecule has 2 aromatic rings. The van der Waals surface area contributed by atoms with Gasteiger partial charge in [-0.05, 0) is 58.2 Å². The van der Waals surface area contributed by atoms with Crippen LogP contribution in [0.4, 0.5) is 15.4 Å². The van der Waals surface area contributed by atoms with E-state index in [1.807, 2.05) is 6.07 Å². The number of hydrogen-bond donors (Lipinski definition) is 1. The third-order valence-electron chi connectivity index (χ3n) is 6.49. The fourth-order valence-corrected chi connectivity index (χ4v) is 5.72. The highest BCUT2D eigenvalue weighted by Crippen LogP contribution is 2.48. The molecule has 0 unspecified atom stereocenters. The van der Waals surface area contributed by atoms with Crippen molar-refractivity contribution < 1.29 is 56.7 Å². The van der Waals surface area contributed by atoms with Crippen LogP contribution in [-0.4, -0.2) is 96.0 Å². The van der Waals surface area contributed by atoms with E-state index in [2.05, 4.69) is 14.9 Å². The number of nitrogens with zero attached hydrogens (tertiary/aromatic N) is 4. The van der Waals surface area contributed by atoms with Crippen molar-refractivity contribution in [2.45, 2.75) is 77.6 Å². The quantitative estimate of drug-likeness (QED) is 0.128. The predicted octanol–water partition coefficient (Wildman–Crippen LogP) is 4.57. The Morgan fingerprint density at radius 3 is 2.27 bits per heavy atom. The summed E-state index contributed by atoms with van der Waals surface area (Å²) in [5.74, 6) is 0.758. The molecule has 0 aromatic carbocycles. The fourth-order valence-electron chi connectivity index (χ4n) is 4.58. The second kappa shape index (κ2) is 15.5. The lowest BCUT2D eigenvalue weighted by Gasteiger charge is -2.21. The number of aliphatic hydroxyl groups is 1. The molecule has 246 valence electrons. The molecule has 2 fully saturated rings. The SMILES string of the molecule is CC(C)OC(=O)OCOP(=O)(COC[C@H]1O[C@@H](n2ccc3c(N4CCCC4)nc(Cl)nc32)C[C@@H]1O)OCOC(=O)OC(C)C. The largest absolute Gasteiger partial charge is 0.510 e. The molecule has 2 aliphatic rings. The van der Waals surface area contributed by atoms with Gasteiger partial charge >= 0.3 is 19.9 Å². The van der Waals surface area contributed by atoms with Crippen LogP contribution >= 0.6 is 19.2 Å². The van der Waals surface area contributed by atoms with Gasteiger partial charge in [0, 0.05) is 25.7 Å². The minimum absolute atomic E-state index is 0.108. The van der Waals surface area contributed by atoms with Crippen molar-refractivity contribution in [2.24, 2.45) is 0 Å². The summed E-state index contributed by atoms with van der Waals surface area (Å²) in [6, 6.07) is 1.89. The van der Waals surface area contributed by atoms with Crippen molar-refractivity contribution in [3.8, 4) is 0 Å². The summed E-state index contributed by atoms with van der Waals surface area (Å²) < 4.78 is 56.1. The van der Waals surface area contributed by atoms with E-state index >= 15 is 0 Å². The van der Waals surface area contributed by atoms with E-state index in [1.165, 1.54) is 0 Å². The van der Waals surface area contributed by atoms with Gasteiger partial charge in [0.1, 0.15) is 30.1 Å². The van der Waals surface area contributed by atoms with Gasteiger partial charge in [-0.2, -0.15) is 9.97 Å². The van der Waals surface area contributed by atoms with Crippen molar-refractivity contribution in [1.29, 1.82) is 0 Å². The Hall–Kier alpha value is -2.72. The summed E-state index contributed by atoms with van der Waals surface area (Å²) >= 11 is 6.27. The third-order valence-corrected chi connectivity index (χ3v) is 8.16. The molecule has 44 heavy (non-hydrogen) atoms. The maximum Gasteiger partial charge on any atom is 0.510 e. The molecule has 18 heteroatoms. The normalized spacial score (nSPS) is 20.5. The average molecular weight is 665 g/mol.